The van der Waals surface area contributed by atoms with E-state index in [2.05, 4.69) is 55.7 Å². The number of carbonyl (C=O) groups excluding carboxylic acids is 1. The third-order valence-corrected chi connectivity index (χ3v) is 10.3. The van der Waals surface area contributed by atoms with Crippen LogP contribution in [-0.4, -0.2) is 44.9 Å². The van der Waals surface area contributed by atoms with Crippen LogP contribution in [0.4, 0.5) is 0 Å². The van der Waals surface area contributed by atoms with Crippen LogP contribution in [0.5, 0.6) is 5.75 Å². The van der Waals surface area contributed by atoms with Gasteiger partial charge < -0.3 is 15.4 Å². The molecule has 2 N–H and O–H groups in total. The van der Waals surface area contributed by atoms with Crippen molar-refractivity contribution in [2.45, 2.75) is 56.5 Å². The van der Waals surface area contributed by atoms with E-state index in [-0.39, 0.29) is 30.0 Å². The highest BCUT2D eigenvalue weighted by atomic mass is 32.2. The number of rotatable bonds is 9. The monoisotopic (exact) mass is 555 g/mol. The third-order valence-electron chi connectivity index (χ3n) is 6.84. The van der Waals surface area contributed by atoms with Crippen LogP contribution in [0.2, 0.25) is 0 Å². The first-order valence-corrected chi connectivity index (χ1v) is 15.2. The maximum absolute atomic E-state index is 13.4. The smallest absolute Gasteiger partial charge is 0.252 e. The van der Waals surface area contributed by atoms with E-state index < -0.39 is 10.0 Å². The van der Waals surface area contributed by atoms with Crippen molar-refractivity contribution in [3.63, 3.8) is 0 Å². The summed E-state index contributed by atoms with van der Waals surface area (Å²) in [6.07, 6.45) is 1.51. The minimum Gasteiger partial charge on any atom is -0.497 e. The molecule has 0 radical (unpaired) electrons. The molecule has 1 unspecified atom stereocenters. The fourth-order valence-electron chi connectivity index (χ4n) is 4.74. The number of hydrogen-bond acceptors (Lipinski definition) is 6. The number of nitrogens with one attached hydrogen (secondary N) is 2. The van der Waals surface area contributed by atoms with Gasteiger partial charge in [-0.25, -0.2) is 8.42 Å². The molecule has 1 aromatic heterocycles. The predicted octanol–water partition coefficient (Wildman–Crippen LogP) is 5.22. The topological polar surface area (TPSA) is 87.7 Å². The van der Waals surface area contributed by atoms with Crippen molar-refractivity contribution in [1.29, 1.82) is 0 Å². The number of nitrogens with zero attached hydrogens (tertiary/aromatic N) is 1. The van der Waals surface area contributed by atoms with Crippen LogP contribution in [0.1, 0.15) is 60.5 Å². The molecule has 0 bridgehead atoms. The van der Waals surface area contributed by atoms with E-state index in [1.54, 1.807) is 47.8 Å². The fourth-order valence-corrected chi connectivity index (χ4v) is 7.66. The molecule has 1 amide bonds. The zero-order chi connectivity index (χ0) is 27.3. The van der Waals surface area contributed by atoms with E-state index >= 15 is 0 Å². The Hall–Kier alpha value is -2.72. The molecule has 1 saturated heterocycles. The molecule has 2 heterocycles. The van der Waals surface area contributed by atoms with Crippen molar-refractivity contribution in [3.05, 3.63) is 82.7 Å². The number of sulfonamides is 1. The number of benzene rings is 2. The Morgan fingerprint density at radius 3 is 2.42 bits per heavy atom. The number of hydrogen-bond donors (Lipinski definition) is 2. The summed E-state index contributed by atoms with van der Waals surface area (Å²) in [6.45, 7) is 7.90. The Balaban J connectivity index is 1.34. The number of thiophene rings is 1. The zero-order valence-electron chi connectivity index (χ0n) is 22.4. The average Bonchev–Trinajstić information content (AvgIpc) is 3.40. The van der Waals surface area contributed by atoms with Gasteiger partial charge in [-0.05, 0) is 54.2 Å². The van der Waals surface area contributed by atoms with Crippen molar-refractivity contribution in [2.75, 3.05) is 20.2 Å². The minimum atomic E-state index is -3.58. The summed E-state index contributed by atoms with van der Waals surface area (Å²) in [5.74, 6) is 0.371. The van der Waals surface area contributed by atoms with Crippen molar-refractivity contribution in [3.8, 4) is 5.75 Å². The Morgan fingerprint density at radius 2 is 1.76 bits per heavy atom. The molecule has 9 heteroatoms. The standard InChI is InChI=1S/C29H37N3O4S2/c1-29(2,3)27(21-9-6-5-7-10-21)31-23-15-17-32(18-16-23)38(34,35)26-14-13-25(37-26)20-30-28(33)22-11-8-12-24(19-22)36-4/h5-14,19,23,27,31H,15-18,20H2,1-4H3,(H,30,33). The summed E-state index contributed by atoms with van der Waals surface area (Å²) in [5.41, 5.74) is 1.77. The molecule has 2 aromatic carbocycles. The van der Waals surface area contributed by atoms with Crippen LogP contribution in [0.25, 0.3) is 0 Å². The lowest BCUT2D eigenvalue weighted by Crippen LogP contribution is -2.47. The SMILES string of the molecule is COc1cccc(C(=O)NCc2ccc(S(=O)(=O)N3CCC(NC(c4ccccc4)C(C)(C)C)CC3)s2)c1. The molecule has 0 saturated carbocycles. The van der Waals surface area contributed by atoms with Gasteiger partial charge in [0.1, 0.15) is 9.96 Å². The summed E-state index contributed by atoms with van der Waals surface area (Å²) in [5, 5.41) is 6.67. The summed E-state index contributed by atoms with van der Waals surface area (Å²) < 4.78 is 33.8. The predicted molar refractivity (Wildman–Crippen MR) is 152 cm³/mol. The van der Waals surface area contributed by atoms with Crippen LogP contribution in [-0.2, 0) is 16.6 Å². The van der Waals surface area contributed by atoms with Gasteiger partial charge in [0.2, 0.25) is 0 Å². The Morgan fingerprint density at radius 1 is 1.05 bits per heavy atom. The maximum atomic E-state index is 13.4. The van der Waals surface area contributed by atoms with Gasteiger partial charge in [0, 0.05) is 35.6 Å². The number of methoxy groups -OCH3 is 1. The lowest BCUT2D eigenvalue weighted by molar-refractivity contribution is 0.0951. The van der Waals surface area contributed by atoms with E-state index in [9.17, 15) is 13.2 Å². The highest BCUT2D eigenvalue weighted by Crippen LogP contribution is 2.34. The lowest BCUT2D eigenvalue weighted by Gasteiger charge is -2.38. The Bertz CT molecular complexity index is 1330. The van der Waals surface area contributed by atoms with Gasteiger partial charge in [-0.1, -0.05) is 57.2 Å². The highest BCUT2D eigenvalue weighted by Gasteiger charge is 2.33. The number of amides is 1. The van der Waals surface area contributed by atoms with Gasteiger partial charge in [0.25, 0.3) is 15.9 Å². The average molecular weight is 556 g/mol. The molecule has 1 fully saturated rings. The molecule has 4 rings (SSSR count). The molecular weight excluding hydrogens is 518 g/mol. The largest absolute Gasteiger partial charge is 0.497 e. The van der Waals surface area contributed by atoms with Crippen LogP contribution in [0, 0.1) is 5.41 Å². The van der Waals surface area contributed by atoms with Crippen LogP contribution in [0.15, 0.2) is 70.9 Å². The number of carbonyl (C=O) groups is 1. The molecule has 0 spiro atoms. The summed E-state index contributed by atoms with van der Waals surface area (Å²) in [4.78, 5) is 13.3. The van der Waals surface area contributed by atoms with Crippen LogP contribution < -0.4 is 15.4 Å². The first-order chi connectivity index (χ1) is 18.1. The van der Waals surface area contributed by atoms with Gasteiger partial charge in [0.05, 0.1) is 13.7 Å². The third kappa shape index (κ3) is 6.83. The fraction of sp³-hybridized carbons (Fsp3) is 0.414. The highest BCUT2D eigenvalue weighted by molar-refractivity contribution is 7.91. The zero-order valence-corrected chi connectivity index (χ0v) is 24.1. The van der Waals surface area contributed by atoms with Crippen molar-refractivity contribution >= 4 is 27.3 Å². The molecule has 1 atom stereocenters. The normalized spacial score (nSPS) is 16.2. The van der Waals surface area contributed by atoms with E-state index in [0.717, 1.165) is 17.7 Å². The Labute approximate surface area is 230 Å². The molecule has 204 valence electrons. The van der Waals surface area contributed by atoms with Gasteiger partial charge in [0.15, 0.2) is 0 Å². The second-order valence-electron chi connectivity index (χ2n) is 10.7. The molecule has 38 heavy (non-hydrogen) atoms. The first-order valence-electron chi connectivity index (χ1n) is 12.9. The second kappa shape index (κ2) is 12.0. The molecule has 1 aliphatic heterocycles. The van der Waals surface area contributed by atoms with Crippen LogP contribution in [0.3, 0.4) is 0 Å². The van der Waals surface area contributed by atoms with E-state index in [1.807, 2.05) is 6.07 Å². The maximum Gasteiger partial charge on any atom is 0.252 e. The summed E-state index contributed by atoms with van der Waals surface area (Å²) in [6, 6.07) is 21.2. The Kier molecular flexibility index (Phi) is 8.92. The van der Waals surface area contributed by atoms with E-state index in [0.29, 0.717) is 28.6 Å². The number of ether oxygens (including phenoxy) is 1. The van der Waals surface area contributed by atoms with Crippen LogP contribution >= 0.6 is 11.3 Å². The van der Waals surface area contributed by atoms with Crippen molar-refractivity contribution in [2.24, 2.45) is 5.41 Å². The molecule has 3 aromatic rings. The van der Waals surface area contributed by atoms with E-state index in [4.69, 9.17) is 4.74 Å². The van der Waals surface area contributed by atoms with Gasteiger partial charge in [-0.15, -0.1) is 11.3 Å². The quantitative estimate of drug-likeness (QED) is 0.378. The lowest BCUT2D eigenvalue weighted by atomic mass is 9.81. The summed E-state index contributed by atoms with van der Waals surface area (Å²) >= 11 is 1.21. The van der Waals surface area contributed by atoms with Gasteiger partial charge in [-0.2, -0.15) is 4.31 Å². The number of piperidine rings is 1. The van der Waals surface area contributed by atoms with Crippen molar-refractivity contribution in [1.82, 2.24) is 14.9 Å². The molecule has 7 nitrogen and oxygen atoms in total. The van der Waals surface area contributed by atoms with Gasteiger partial charge >= 0.3 is 0 Å². The molecule has 1 aliphatic rings. The molecular formula is C29H37N3O4S2. The molecule has 0 aliphatic carbocycles. The first kappa shape index (κ1) is 28.3. The van der Waals surface area contributed by atoms with Crippen molar-refractivity contribution < 1.29 is 17.9 Å². The van der Waals surface area contributed by atoms with E-state index in [1.165, 1.54) is 16.9 Å². The van der Waals surface area contributed by atoms with Gasteiger partial charge in [-0.3, -0.25) is 4.79 Å². The summed E-state index contributed by atoms with van der Waals surface area (Å²) in [7, 11) is -2.03. The second-order valence-corrected chi connectivity index (χ2v) is 14.0. The minimum absolute atomic E-state index is 0.0277.